The van der Waals surface area contributed by atoms with E-state index in [1.54, 1.807) is 0 Å². The lowest BCUT2D eigenvalue weighted by Crippen LogP contribution is -2.40. The second-order valence-electron chi connectivity index (χ2n) is 5.14. The SMILES string of the molecule is O=C(CSCC(=O)NC1CCC1)NCCN1C(=O)CSC1=O. The minimum Gasteiger partial charge on any atom is -0.354 e. The second-order valence-corrected chi connectivity index (χ2v) is 7.05. The maximum absolute atomic E-state index is 11.6. The summed E-state index contributed by atoms with van der Waals surface area (Å²) in [5, 5.41) is 5.28. The summed E-state index contributed by atoms with van der Waals surface area (Å²) < 4.78 is 0. The minimum absolute atomic E-state index is 0.0345. The average Bonchev–Trinajstić information content (AvgIpc) is 2.74. The Kier molecular flexibility index (Phi) is 6.56. The first-order valence-electron chi connectivity index (χ1n) is 7.17. The van der Waals surface area contributed by atoms with Crippen LogP contribution in [0.3, 0.4) is 0 Å². The summed E-state index contributed by atoms with van der Waals surface area (Å²) in [6.07, 6.45) is 3.26. The van der Waals surface area contributed by atoms with Crippen molar-refractivity contribution in [1.29, 1.82) is 0 Å². The standard InChI is InChI=1S/C13H19N3O4S2/c17-10(6-21-7-11(18)15-9-2-1-3-9)14-4-5-16-12(19)8-22-13(16)20/h9H,1-8H2,(H,14,17)(H,15,18). The zero-order valence-electron chi connectivity index (χ0n) is 12.1. The topological polar surface area (TPSA) is 95.6 Å². The normalized spacial score (nSPS) is 18.3. The maximum Gasteiger partial charge on any atom is 0.288 e. The van der Waals surface area contributed by atoms with Gasteiger partial charge in [-0.2, -0.15) is 0 Å². The number of carbonyl (C=O) groups is 4. The molecule has 2 aliphatic rings. The number of hydrogen-bond acceptors (Lipinski definition) is 6. The molecular formula is C13H19N3O4S2. The highest BCUT2D eigenvalue weighted by Gasteiger charge is 2.29. The molecule has 0 unspecified atom stereocenters. The van der Waals surface area contributed by atoms with Crippen LogP contribution in [0.4, 0.5) is 4.79 Å². The third-order valence-electron chi connectivity index (χ3n) is 3.43. The summed E-state index contributed by atoms with van der Waals surface area (Å²) in [7, 11) is 0. The predicted molar refractivity (Wildman–Crippen MR) is 85.7 cm³/mol. The van der Waals surface area contributed by atoms with Crippen LogP contribution in [0.25, 0.3) is 0 Å². The lowest BCUT2D eigenvalue weighted by molar-refractivity contribution is -0.125. The number of hydrogen-bond donors (Lipinski definition) is 2. The lowest BCUT2D eigenvalue weighted by atomic mass is 9.93. The number of thioether (sulfide) groups is 2. The van der Waals surface area contributed by atoms with E-state index in [-0.39, 0.29) is 53.3 Å². The Hall–Kier alpha value is -1.22. The highest BCUT2D eigenvalue weighted by atomic mass is 32.2. The van der Waals surface area contributed by atoms with E-state index in [0.29, 0.717) is 6.04 Å². The molecule has 0 aromatic carbocycles. The van der Waals surface area contributed by atoms with Crippen molar-refractivity contribution in [3.63, 3.8) is 0 Å². The molecule has 0 bridgehead atoms. The number of rotatable bonds is 8. The van der Waals surface area contributed by atoms with Crippen molar-refractivity contribution in [3.05, 3.63) is 0 Å². The summed E-state index contributed by atoms with van der Waals surface area (Å²) in [5.41, 5.74) is 0. The molecule has 1 aliphatic heterocycles. The Balaban J connectivity index is 1.51. The van der Waals surface area contributed by atoms with E-state index in [1.807, 2.05) is 0 Å². The molecule has 4 amide bonds. The van der Waals surface area contributed by atoms with E-state index < -0.39 is 0 Å². The van der Waals surface area contributed by atoms with Gasteiger partial charge < -0.3 is 10.6 Å². The van der Waals surface area contributed by atoms with E-state index in [1.165, 1.54) is 18.2 Å². The quantitative estimate of drug-likeness (QED) is 0.652. The van der Waals surface area contributed by atoms with Crippen LogP contribution < -0.4 is 10.6 Å². The molecule has 0 radical (unpaired) electrons. The fourth-order valence-corrected chi connectivity index (χ4v) is 3.42. The molecule has 2 rings (SSSR count). The van der Waals surface area contributed by atoms with Gasteiger partial charge in [-0.25, -0.2) is 0 Å². The maximum atomic E-state index is 11.6. The average molecular weight is 345 g/mol. The Bertz CT molecular complexity index is 452. The summed E-state index contributed by atoms with van der Waals surface area (Å²) in [4.78, 5) is 47.0. The number of nitrogens with zero attached hydrogens (tertiary/aromatic N) is 1. The molecule has 7 nitrogen and oxygen atoms in total. The first-order chi connectivity index (χ1) is 10.6. The van der Waals surface area contributed by atoms with Crippen LogP contribution in [0.2, 0.25) is 0 Å². The molecule has 1 saturated carbocycles. The van der Waals surface area contributed by atoms with Gasteiger partial charge in [0.15, 0.2) is 0 Å². The van der Waals surface area contributed by atoms with Crippen molar-refractivity contribution in [2.75, 3.05) is 30.3 Å². The molecule has 1 heterocycles. The Morgan fingerprint density at radius 1 is 1.23 bits per heavy atom. The van der Waals surface area contributed by atoms with Gasteiger partial charge in [0.2, 0.25) is 17.7 Å². The molecule has 0 aromatic rings. The van der Waals surface area contributed by atoms with Crippen molar-refractivity contribution >= 4 is 46.5 Å². The lowest BCUT2D eigenvalue weighted by Gasteiger charge is -2.26. The Labute approximate surface area is 137 Å². The molecule has 2 N–H and O–H groups in total. The van der Waals surface area contributed by atoms with Crippen LogP contribution in [-0.2, 0) is 14.4 Å². The van der Waals surface area contributed by atoms with Gasteiger partial charge in [0.25, 0.3) is 5.24 Å². The number of imide groups is 1. The van der Waals surface area contributed by atoms with Crippen molar-refractivity contribution in [2.45, 2.75) is 25.3 Å². The summed E-state index contributed by atoms with van der Waals surface area (Å²) in [5.74, 6) is 0.184. The molecule has 0 aromatic heterocycles. The van der Waals surface area contributed by atoms with E-state index in [4.69, 9.17) is 0 Å². The molecular weight excluding hydrogens is 326 g/mol. The van der Waals surface area contributed by atoms with Gasteiger partial charge in [0, 0.05) is 19.1 Å². The van der Waals surface area contributed by atoms with E-state index in [0.717, 1.165) is 29.5 Å². The molecule has 1 aliphatic carbocycles. The van der Waals surface area contributed by atoms with Crippen LogP contribution in [0.15, 0.2) is 0 Å². The summed E-state index contributed by atoms with van der Waals surface area (Å²) in [6, 6.07) is 0.315. The third-order valence-corrected chi connectivity index (χ3v) is 5.23. The van der Waals surface area contributed by atoms with Gasteiger partial charge in [-0.15, -0.1) is 11.8 Å². The second kappa shape index (κ2) is 8.42. The predicted octanol–water partition coefficient (Wildman–Crippen LogP) is 0.200. The fourth-order valence-electron chi connectivity index (χ4n) is 2.01. The molecule has 0 spiro atoms. The van der Waals surface area contributed by atoms with E-state index in [9.17, 15) is 19.2 Å². The van der Waals surface area contributed by atoms with Gasteiger partial charge in [0.05, 0.1) is 17.3 Å². The van der Waals surface area contributed by atoms with Crippen molar-refractivity contribution < 1.29 is 19.2 Å². The monoisotopic (exact) mass is 345 g/mol. The van der Waals surface area contributed by atoms with E-state index in [2.05, 4.69) is 10.6 Å². The molecule has 122 valence electrons. The van der Waals surface area contributed by atoms with Crippen molar-refractivity contribution in [1.82, 2.24) is 15.5 Å². The smallest absolute Gasteiger partial charge is 0.288 e. The highest BCUT2D eigenvalue weighted by molar-refractivity contribution is 8.14. The van der Waals surface area contributed by atoms with Crippen LogP contribution >= 0.6 is 23.5 Å². The largest absolute Gasteiger partial charge is 0.354 e. The Morgan fingerprint density at radius 3 is 2.55 bits per heavy atom. The molecule has 0 atom stereocenters. The Morgan fingerprint density at radius 2 is 1.95 bits per heavy atom. The van der Waals surface area contributed by atoms with Crippen molar-refractivity contribution in [3.8, 4) is 0 Å². The zero-order valence-corrected chi connectivity index (χ0v) is 13.8. The van der Waals surface area contributed by atoms with Crippen LogP contribution in [0, 0.1) is 0 Å². The highest BCUT2D eigenvalue weighted by Crippen LogP contribution is 2.18. The molecule has 9 heteroatoms. The van der Waals surface area contributed by atoms with Gasteiger partial charge >= 0.3 is 0 Å². The molecule has 1 saturated heterocycles. The van der Waals surface area contributed by atoms with Gasteiger partial charge in [-0.3, -0.25) is 24.1 Å². The van der Waals surface area contributed by atoms with Crippen LogP contribution in [-0.4, -0.2) is 64.3 Å². The first kappa shape index (κ1) is 17.1. The first-order valence-corrected chi connectivity index (χ1v) is 9.31. The zero-order chi connectivity index (χ0) is 15.9. The minimum atomic E-state index is -0.263. The number of nitrogens with one attached hydrogen (secondary N) is 2. The van der Waals surface area contributed by atoms with Gasteiger partial charge in [0.1, 0.15) is 0 Å². The van der Waals surface area contributed by atoms with E-state index >= 15 is 0 Å². The third kappa shape index (κ3) is 5.20. The van der Waals surface area contributed by atoms with Gasteiger partial charge in [-0.1, -0.05) is 11.8 Å². The van der Waals surface area contributed by atoms with Crippen LogP contribution in [0.1, 0.15) is 19.3 Å². The molecule has 22 heavy (non-hydrogen) atoms. The van der Waals surface area contributed by atoms with Crippen molar-refractivity contribution in [2.24, 2.45) is 0 Å². The van der Waals surface area contributed by atoms with Crippen LogP contribution in [0.5, 0.6) is 0 Å². The number of carbonyl (C=O) groups excluding carboxylic acids is 4. The van der Waals surface area contributed by atoms with Gasteiger partial charge in [-0.05, 0) is 19.3 Å². The fraction of sp³-hybridized carbons (Fsp3) is 0.692. The summed E-state index contributed by atoms with van der Waals surface area (Å²) >= 11 is 2.23. The molecule has 2 fully saturated rings. The summed E-state index contributed by atoms with van der Waals surface area (Å²) in [6.45, 7) is 0.439. The number of amides is 4.